The van der Waals surface area contributed by atoms with Crippen LogP contribution < -0.4 is 5.32 Å². The molecule has 6 heteroatoms. The number of carbonyl (C=O) groups excluding carboxylic acids is 3. The molecule has 1 aromatic carbocycles. The molecule has 1 aromatic rings. The first kappa shape index (κ1) is 14.7. The second kappa shape index (κ2) is 7.15. The Balaban J connectivity index is 2.74. The van der Waals surface area contributed by atoms with E-state index < -0.39 is 23.9 Å². The summed E-state index contributed by atoms with van der Waals surface area (Å²) in [5.74, 6) is -1.77. The van der Waals surface area contributed by atoms with E-state index >= 15 is 0 Å². The predicted molar refractivity (Wildman–Crippen MR) is 66.3 cm³/mol. The molecular weight excluding hydrogens is 250 g/mol. The zero-order valence-electron chi connectivity index (χ0n) is 10.7. The van der Waals surface area contributed by atoms with Gasteiger partial charge in [0.2, 0.25) is 0 Å². The molecule has 1 atom stereocenters. The smallest absolute Gasteiger partial charge is 0.328 e. The van der Waals surface area contributed by atoms with E-state index in [1.54, 1.807) is 30.3 Å². The van der Waals surface area contributed by atoms with Gasteiger partial charge in [-0.2, -0.15) is 0 Å². The summed E-state index contributed by atoms with van der Waals surface area (Å²) >= 11 is 0. The van der Waals surface area contributed by atoms with Gasteiger partial charge in [-0.05, 0) is 12.1 Å². The quantitative estimate of drug-likeness (QED) is 0.785. The van der Waals surface area contributed by atoms with E-state index in [2.05, 4.69) is 14.8 Å². The maximum absolute atomic E-state index is 11.9. The van der Waals surface area contributed by atoms with Crippen LogP contribution >= 0.6 is 0 Å². The van der Waals surface area contributed by atoms with Gasteiger partial charge in [-0.1, -0.05) is 18.2 Å². The highest BCUT2D eigenvalue weighted by molar-refractivity contribution is 5.97. The zero-order chi connectivity index (χ0) is 14.3. The molecule has 0 fully saturated rings. The number of amides is 1. The van der Waals surface area contributed by atoms with Gasteiger partial charge in [-0.15, -0.1) is 0 Å². The lowest BCUT2D eigenvalue weighted by atomic mass is 10.1. The third kappa shape index (κ3) is 4.42. The van der Waals surface area contributed by atoms with Crippen LogP contribution in [0.25, 0.3) is 0 Å². The number of ether oxygens (including phenoxy) is 2. The highest BCUT2D eigenvalue weighted by Crippen LogP contribution is 2.02. The van der Waals surface area contributed by atoms with Crippen LogP contribution in [0.1, 0.15) is 16.8 Å². The van der Waals surface area contributed by atoms with Crippen molar-refractivity contribution in [3.63, 3.8) is 0 Å². The standard InChI is InChI=1S/C13H15NO5/c1-18-11(15)8-10(13(17)19-2)14-12(16)9-6-4-3-5-7-9/h3-7,10H,8H2,1-2H3,(H,14,16)/t10-/m1/s1. The van der Waals surface area contributed by atoms with Crippen LogP contribution in [-0.4, -0.2) is 38.1 Å². The van der Waals surface area contributed by atoms with Gasteiger partial charge >= 0.3 is 11.9 Å². The Bertz CT molecular complexity index is 457. The first-order valence-corrected chi connectivity index (χ1v) is 5.59. The van der Waals surface area contributed by atoms with Crippen molar-refractivity contribution in [2.24, 2.45) is 0 Å². The number of nitrogens with one attached hydrogen (secondary N) is 1. The fourth-order valence-electron chi connectivity index (χ4n) is 1.42. The number of rotatable bonds is 5. The van der Waals surface area contributed by atoms with Gasteiger partial charge in [0, 0.05) is 5.56 Å². The molecule has 0 aliphatic rings. The number of esters is 2. The molecule has 0 aromatic heterocycles. The lowest BCUT2D eigenvalue weighted by molar-refractivity contribution is -0.149. The molecule has 0 bridgehead atoms. The highest BCUT2D eigenvalue weighted by atomic mass is 16.5. The van der Waals surface area contributed by atoms with E-state index in [0.29, 0.717) is 5.56 Å². The lowest BCUT2D eigenvalue weighted by Crippen LogP contribution is -2.43. The number of methoxy groups -OCH3 is 2. The van der Waals surface area contributed by atoms with Crippen molar-refractivity contribution in [1.82, 2.24) is 5.32 Å². The minimum atomic E-state index is -1.06. The molecule has 102 valence electrons. The average molecular weight is 265 g/mol. The average Bonchev–Trinajstić information content (AvgIpc) is 2.46. The first-order chi connectivity index (χ1) is 9.08. The SMILES string of the molecule is COC(=O)C[C@@H](NC(=O)c1ccccc1)C(=O)OC. The van der Waals surface area contributed by atoms with Gasteiger partial charge in [-0.25, -0.2) is 4.79 Å². The molecule has 0 heterocycles. The Labute approximate surface area is 110 Å². The summed E-state index contributed by atoms with van der Waals surface area (Å²) < 4.78 is 9.00. The molecular formula is C13H15NO5. The Morgan fingerprint density at radius 3 is 2.26 bits per heavy atom. The first-order valence-electron chi connectivity index (χ1n) is 5.59. The van der Waals surface area contributed by atoms with E-state index in [4.69, 9.17) is 0 Å². The van der Waals surface area contributed by atoms with Crippen molar-refractivity contribution in [3.05, 3.63) is 35.9 Å². The summed E-state index contributed by atoms with van der Waals surface area (Å²) in [6.07, 6.45) is -0.276. The predicted octanol–water partition coefficient (Wildman–Crippen LogP) is 0.521. The highest BCUT2D eigenvalue weighted by Gasteiger charge is 2.25. The number of benzene rings is 1. The Kier molecular flexibility index (Phi) is 5.53. The largest absolute Gasteiger partial charge is 0.469 e. The fourth-order valence-corrected chi connectivity index (χ4v) is 1.42. The van der Waals surface area contributed by atoms with E-state index in [-0.39, 0.29) is 6.42 Å². The zero-order valence-corrected chi connectivity index (χ0v) is 10.7. The monoisotopic (exact) mass is 265 g/mol. The Morgan fingerprint density at radius 1 is 1.11 bits per heavy atom. The second-order valence-corrected chi connectivity index (χ2v) is 3.70. The summed E-state index contributed by atoms with van der Waals surface area (Å²) in [4.78, 5) is 34.5. The van der Waals surface area contributed by atoms with Crippen LogP contribution in [-0.2, 0) is 19.1 Å². The van der Waals surface area contributed by atoms with Gasteiger partial charge < -0.3 is 14.8 Å². The maximum Gasteiger partial charge on any atom is 0.328 e. The van der Waals surface area contributed by atoms with Crippen LogP contribution in [0, 0.1) is 0 Å². The summed E-state index contributed by atoms with van der Waals surface area (Å²) in [6, 6.07) is 7.29. The Hall–Kier alpha value is -2.37. The summed E-state index contributed by atoms with van der Waals surface area (Å²) in [6.45, 7) is 0. The molecule has 1 N–H and O–H groups in total. The molecule has 1 amide bonds. The van der Waals surface area contributed by atoms with Crippen LogP contribution in [0.4, 0.5) is 0 Å². The third-order valence-corrected chi connectivity index (χ3v) is 2.43. The molecule has 0 saturated carbocycles. The van der Waals surface area contributed by atoms with Gasteiger partial charge in [-0.3, -0.25) is 9.59 Å². The topological polar surface area (TPSA) is 81.7 Å². The van der Waals surface area contributed by atoms with Crippen molar-refractivity contribution in [2.45, 2.75) is 12.5 Å². The third-order valence-electron chi connectivity index (χ3n) is 2.43. The molecule has 0 radical (unpaired) electrons. The van der Waals surface area contributed by atoms with Gasteiger partial charge in [0.1, 0.15) is 6.04 Å². The van der Waals surface area contributed by atoms with Gasteiger partial charge in [0.15, 0.2) is 0 Å². The van der Waals surface area contributed by atoms with E-state index in [9.17, 15) is 14.4 Å². The molecule has 1 rings (SSSR count). The van der Waals surface area contributed by atoms with Crippen molar-refractivity contribution in [3.8, 4) is 0 Å². The summed E-state index contributed by atoms with van der Waals surface area (Å²) in [5.41, 5.74) is 0.390. The number of carbonyl (C=O) groups is 3. The molecule has 6 nitrogen and oxygen atoms in total. The van der Waals surface area contributed by atoms with Crippen LogP contribution in [0.2, 0.25) is 0 Å². The molecule has 0 aliphatic heterocycles. The summed E-state index contributed by atoms with van der Waals surface area (Å²) in [7, 11) is 2.39. The maximum atomic E-state index is 11.9. The van der Waals surface area contributed by atoms with E-state index in [0.717, 1.165) is 0 Å². The minimum Gasteiger partial charge on any atom is -0.469 e. The van der Waals surface area contributed by atoms with Gasteiger partial charge in [0.05, 0.1) is 20.6 Å². The molecule has 19 heavy (non-hydrogen) atoms. The van der Waals surface area contributed by atoms with E-state index in [1.165, 1.54) is 14.2 Å². The van der Waals surface area contributed by atoms with Gasteiger partial charge in [0.25, 0.3) is 5.91 Å². The van der Waals surface area contributed by atoms with Crippen LogP contribution in [0.15, 0.2) is 30.3 Å². The van der Waals surface area contributed by atoms with Crippen molar-refractivity contribution in [1.29, 1.82) is 0 Å². The number of hydrogen-bond acceptors (Lipinski definition) is 5. The molecule has 0 saturated heterocycles. The molecule has 0 spiro atoms. The van der Waals surface area contributed by atoms with Crippen LogP contribution in [0.3, 0.4) is 0 Å². The minimum absolute atomic E-state index is 0.276. The van der Waals surface area contributed by atoms with Crippen molar-refractivity contribution >= 4 is 17.8 Å². The Morgan fingerprint density at radius 2 is 1.74 bits per heavy atom. The van der Waals surface area contributed by atoms with E-state index in [1.807, 2.05) is 0 Å². The van der Waals surface area contributed by atoms with Crippen LogP contribution in [0.5, 0.6) is 0 Å². The van der Waals surface area contributed by atoms with Crippen molar-refractivity contribution in [2.75, 3.05) is 14.2 Å². The summed E-state index contributed by atoms with van der Waals surface area (Å²) in [5, 5.41) is 2.43. The van der Waals surface area contributed by atoms with Crippen molar-refractivity contribution < 1.29 is 23.9 Å². The molecule has 0 aliphatic carbocycles. The second-order valence-electron chi connectivity index (χ2n) is 3.70. The lowest BCUT2D eigenvalue weighted by Gasteiger charge is -2.15. The number of hydrogen-bond donors (Lipinski definition) is 1. The molecule has 0 unspecified atom stereocenters. The normalized spacial score (nSPS) is 11.3. The fraction of sp³-hybridized carbons (Fsp3) is 0.308.